The summed E-state index contributed by atoms with van der Waals surface area (Å²) in [5.41, 5.74) is 2.56. The highest BCUT2D eigenvalue weighted by Gasteiger charge is 2.17. The molecule has 4 aromatic rings. The van der Waals surface area contributed by atoms with E-state index in [1.54, 1.807) is 46.8 Å². The summed E-state index contributed by atoms with van der Waals surface area (Å²) in [6, 6.07) is 15.6. The summed E-state index contributed by atoms with van der Waals surface area (Å²) in [4.78, 5) is 24.0. The van der Waals surface area contributed by atoms with Crippen LogP contribution in [0.3, 0.4) is 0 Å². The predicted octanol–water partition coefficient (Wildman–Crippen LogP) is 6.05. The van der Waals surface area contributed by atoms with Gasteiger partial charge in [-0.25, -0.2) is 4.98 Å². The normalized spacial score (nSPS) is 11.9. The maximum atomic E-state index is 12.9. The number of thiophene rings is 1. The van der Waals surface area contributed by atoms with Gasteiger partial charge in [0.2, 0.25) is 0 Å². The molecule has 1 aromatic carbocycles. The lowest BCUT2D eigenvalue weighted by Crippen LogP contribution is -2.27. The van der Waals surface area contributed by atoms with Crippen molar-refractivity contribution in [1.82, 2.24) is 15.3 Å². The standard InChI is InChI=1S/C22H19N3OS3/c1-15(22-25-19(14-29-22)16-6-4-10-23-12-16)24-21(26)18-8-2-3-9-20(18)28-13-17-7-5-11-27-17/h2-12,14-15H,13H2,1H3,(H,24,26). The van der Waals surface area contributed by atoms with E-state index in [9.17, 15) is 4.79 Å². The van der Waals surface area contributed by atoms with E-state index in [1.807, 2.05) is 48.7 Å². The number of thiazole rings is 1. The Kier molecular flexibility index (Phi) is 6.39. The molecule has 0 bridgehead atoms. The first-order valence-corrected chi connectivity index (χ1v) is 11.9. The van der Waals surface area contributed by atoms with E-state index in [0.29, 0.717) is 5.56 Å². The van der Waals surface area contributed by atoms with Crippen molar-refractivity contribution in [2.75, 3.05) is 0 Å². The molecule has 0 fully saturated rings. The molecular formula is C22H19N3OS3. The lowest BCUT2D eigenvalue weighted by Gasteiger charge is -2.13. The van der Waals surface area contributed by atoms with Gasteiger partial charge in [0.25, 0.3) is 5.91 Å². The molecule has 1 unspecified atom stereocenters. The molecule has 0 spiro atoms. The fraction of sp³-hybridized carbons (Fsp3) is 0.136. The first-order valence-electron chi connectivity index (χ1n) is 9.11. The van der Waals surface area contributed by atoms with E-state index in [2.05, 4.69) is 32.8 Å². The zero-order valence-electron chi connectivity index (χ0n) is 15.7. The van der Waals surface area contributed by atoms with E-state index < -0.39 is 0 Å². The Morgan fingerprint density at radius 2 is 2.03 bits per heavy atom. The van der Waals surface area contributed by atoms with Gasteiger partial charge in [-0.2, -0.15) is 0 Å². The number of hydrogen-bond acceptors (Lipinski definition) is 6. The molecule has 3 aromatic heterocycles. The molecule has 0 aliphatic heterocycles. The number of nitrogens with one attached hydrogen (secondary N) is 1. The van der Waals surface area contributed by atoms with Gasteiger partial charge in [-0.1, -0.05) is 18.2 Å². The van der Waals surface area contributed by atoms with Gasteiger partial charge < -0.3 is 5.32 Å². The van der Waals surface area contributed by atoms with E-state index in [0.717, 1.165) is 26.9 Å². The van der Waals surface area contributed by atoms with Crippen molar-refractivity contribution in [2.45, 2.75) is 23.6 Å². The second-order valence-corrected chi connectivity index (χ2v) is 9.31. The van der Waals surface area contributed by atoms with Gasteiger partial charge in [0.1, 0.15) is 5.01 Å². The molecule has 4 rings (SSSR count). The Morgan fingerprint density at radius 3 is 2.83 bits per heavy atom. The summed E-state index contributed by atoms with van der Waals surface area (Å²) in [5, 5.41) is 8.04. The zero-order chi connectivity index (χ0) is 20.1. The summed E-state index contributed by atoms with van der Waals surface area (Å²) in [5.74, 6) is 0.781. The Hall–Kier alpha value is -2.48. The molecule has 4 nitrogen and oxygen atoms in total. The van der Waals surface area contributed by atoms with E-state index in [1.165, 1.54) is 4.88 Å². The Bertz CT molecular complexity index is 1080. The number of nitrogens with zero attached hydrogens (tertiary/aromatic N) is 2. The fourth-order valence-corrected chi connectivity index (χ4v) is 5.45. The van der Waals surface area contributed by atoms with Gasteiger partial charge in [-0.3, -0.25) is 9.78 Å². The summed E-state index contributed by atoms with van der Waals surface area (Å²) in [6.07, 6.45) is 3.54. The average Bonchev–Trinajstić information content (AvgIpc) is 3.45. The molecule has 0 saturated carbocycles. The molecule has 29 heavy (non-hydrogen) atoms. The van der Waals surface area contributed by atoms with Crippen LogP contribution in [-0.4, -0.2) is 15.9 Å². The van der Waals surface area contributed by atoms with Gasteiger partial charge in [0.15, 0.2) is 0 Å². The third-order valence-corrected chi connectivity index (χ3v) is 7.49. The number of amides is 1. The van der Waals surface area contributed by atoms with Crippen molar-refractivity contribution in [2.24, 2.45) is 0 Å². The molecule has 146 valence electrons. The number of carbonyl (C=O) groups excluding carboxylic acids is 1. The molecule has 1 N–H and O–H groups in total. The summed E-state index contributed by atoms with van der Waals surface area (Å²) in [7, 11) is 0. The molecule has 1 amide bonds. The maximum absolute atomic E-state index is 12.9. The first-order chi connectivity index (χ1) is 14.2. The second kappa shape index (κ2) is 9.35. The highest BCUT2D eigenvalue weighted by atomic mass is 32.2. The maximum Gasteiger partial charge on any atom is 0.252 e. The van der Waals surface area contributed by atoms with Gasteiger partial charge >= 0.3 is 0 Å². The van der Waals surface area contributed by atoms with Gasteiger partial charge in [-0.15, -0.1) is 34.4 Å². The molecule has 0 radical (unpaired) electrons. The second-order valence-electron chi connectivity index (χ2n) is 6.37. The molecular weight excluding hydrogens is 418 g/mol. The van der Waals surface area contributed by atoms with Crippen molar-refractivity contribution in [3.8, 4) is 11.3 Å². The van der Waals surface area contributed by atoms with Crippen molar-refractivity contribution in [3.05, 3.63) is 87.1 Å². The number of thioether (sulfide) groups is 1. The smallest absolute Gasteiger partial charge is 0.252 e. The van der Waals surface area contributed by atoms with Crippen LogP contribution in [0, 0.1) is 0 Å². The van der Waals surface area contributed by atoms with Crippen LogP contribution < -0.4 is 5.32 Å². The lowest BCUT2D eigenvalue weighted by atomic mass is 10.2. The van der Waals surface area contributed by atoms with Crippen LogP contribution in [0.25, 0.3) is 11.3 Å². The Balaban J connectivity index is 1.45. The number of benzene rings is 1. The molecule has 3 heterocycles. The van der Waals surface area contributed by atoms with Crippen LogP contribution >= 0.6 is 34.4 Å². The lowest BCUT2D eigenvalue weighted by molar-refractivity contribution is 0.0937. The van der Waals surface area contributed by atoms with Gasteiger partial charge in [0, 0.05) is 38.9 Å². The minimum atomic E-state index is -0.173. The highest BCUT2D eigenvalue weighted by Crippen LogP contribution is 2.29. The van der Waals surface area contributed by atoms with Crippen molar-refractivity contribution in [1.29, 1.82) is 0 Å². The predicted molar refractivity (Wildman–Crippen MR) is 122 cm³/mol. The zero-order valence-corrected chi connectivity index (χ0v) is 18.2. The molecule has 7 heteroatoms. The van der Waals surface area contributed by atoms with Crippen LogP contribution in [0.15, 0.2) is 76.6 Å². The van der Waals surface area contributed by atoms with Crippen LogP contribution in [0.2, 0.25) is 0 Å². The van der Waals surface area contributed by atoms with E-state index in [4.69, 9.17) is 0 Å². The SMILES string of the molecule is CC(NC(=O)c1ccccc1SCc1cccs1)c1nc(-c2cccnc2)cs1. The number of hydrogen-bond donors (Lipinski definition) is 1. The third kappa shape index (κ3) is 4.93. The van der Waals surface area contributed by atoms with Crippen LogP contribution in [0.1, 0.15) is 33.2 Å². The molecule has 0 saturated heterocycles. The van der Waals surface area contributed by atoms with Crippen LogP contribution in [-0.2, 0) is 5.75 Å². The summed E-state index contributed by atoms with van der Waals surface area (Å²) >= 11 is 4.96. The van der Waals surface area contributed by atoms with Gasteiger partial charge in [0.05, 0.1) is 17.3 Å². The van der Waals surface area contributed by atoms with Gasteiger partial charge in [-0.05, 0) is 42.6 Å². The first kappa shape index (κ1) is 19.8. The number of rotatable bonds is 7. The molecule has 1 atom stereocenters. The topological polar surface area (TPSA) is 54.9 Å². The summed E-state index contributed by atoms with van der Waals surface area (Å²) in [6.45, 7) is 1.96. The monoisotopic (exact) mass is 437 g/mol. The van der Waals surface area contributed by atoms with Crippen molar-refractivity contribution >= 4 is 40.3 Å². The largest absolute Gasteiger partial charge is 0.343 e. The number of aromatic nitrogens is 2. The van der Waals surface area contributed by atoms with Crippen molar-refractivity contribution in [3.63, 3.8) is 0 Å². The van der Waals surface area contributed by atoms with Crippen LogP contribution in [0.4, 0.5) is 0 Å². The third-order valence-electron chi connectivity index (χ3n) is 4.28. The minimum Gasteiger partial charge on any atom is -0.343 e. The van der Waals surface area contributed by atoms with E-state index in [-0.39, 0.29) is 11.9 Å². The van der Waals surface area contributed by atoms with Crippen molar-refractivity contribution < 1.29 is 4.79 Å². The average molecular weight is 438 g/mol. The fourth-order valence-electron chi connectivity index (χ4n) is 2.79. The van der Waals surface area contributed by atoms with Crippen LogP contribution in [0.5, 0.6) is 0 Å². The minimum absolute atomic E-state index is 0.0788. The highest BCUT2D eigenvalue weighted by molar-refractivity contribution is 7.98. The number of pyridine rings is 1. The number of carbonyl (C=O) groups is 1. The summed E-state index contributed by atoms with van der Waals surface area (Å²) < 4.78 is 0. The van der Waals surface area contributed by atoms with E-state index >= 15 is 0 Å². The molecule has 0 aliphatic carbocycles. The quantitative estimate of drug-likeness (QED) is 0.358. The molecule has 0 aliphatic rings. The Labute approximate surface area is 182 Å². The Morgan fingerprint density at radius 1 is 1.14 bits per heavy atom.